The predicted molar refractivity (Wildman–Crippen MR) is 131 cm³/mol. The van der Waals surface area contributed by atoms with Crippen molar-refractivity contribution >= 4 is 34.3 Å². The maximum Gasteiger partial charge on any atom is 0.291 e. The summed E-state index contributed by atoms with van der Waals surface area (Å²) < 4.78 is 11.8. The third-order valence-electron chi connectivity index (χ3n) is 5.72. The lowest BCUT2D eigenvalue weighted by Crippen LogP contribution is -2.12. The van der Waals surface area contributed by atoms with Gasteiger partial charge in [-0.05, 0) is 79.9 Å². The van der Waals surface area contributed by atoms with Crippen molar-refractivity contribution in [3.8, 4) is 22.8 Å². The zero-order chi connectivity index (χ0) is 23.1. The summed E-state index contributed by atoms with van der Waals surface area (Å²) in [4.78, 5) is 17.5. The molecule has 0 aliphatic rings. The number of nitrogens with zero attached hydrogens (tertiary/aromatic N) is 1. The Balaban J connectivity index is 1.42. The molecule has 164 valence electrons. The van der Waals surface area contributed by atoms with Crippen molar-refractivity contribution in [3.05, 3.63) is 94.2 Å². The molecule has 0 saturated carbocycles. The van der Waals surface area contributed by atoms with E-state index in [4.69, 9.17) is 20.4 Å². The number of furan rings is 1. The number of rotatable bonds is 4. The van der Waals surface area contributed by atoms with E-state index >= 15 is 0 Å². The molecule has 0 radical (unpaired) electrons. The number of aryl methyl sites for hydroxylation is 1. The van der Waals surface area contributed by atoms with Crippen LogP contribution in [0, 0.1) is 20.8 Å². The fourth-order valence-electron chi connectivity index (χ4n) is 3.82. The quantitative estimate of drug-likeness (QED) is 0.302. The molecule has 1 N–H and O–H groups in total. The first-order valence-corrected chi connectivity index (χ1v) is 10.9. The van der Waals surface area contributed by atoms with Gasteiger partial charge in [-0.2, -0.15) is 0 Å². The highest BCUT2D eigenvalue weighted by molar-refractivity contribution is 6.31. The number of nitrogens with one attached hydrogen (secondary N) is 1. The molecule has 1 amide bonds. The summed E-state index contributed by atoms with van der Waals surface area (Å²) in [5, 5.41) is 3.59. The standard InChI is InChI=1S/C27H21ClN2O3/c1-15-10-11-24-22(14-15)30-27(33-24)19-7-5-9-21(17(19)3)29-26(31)25-13-12-23(32-25)18-6-4-8-20(28)16(18)2/h4-14H,1-3H3,(H,29,31). The summed E-state index contributed by atoms with van der Waals surface area (Å²) in [7, 11) is 0. The van der Waals surface area contributed by atoms with Gasteiger partial charge in [0.05, 0.1) is 0 Å². The minimum absolute atomic E-state index is 0.214. The molecule has 3 aromatic carbocycles. The van der Waals surface area contributed by atoms with E-state index in [0.29, 0.717) is 22.4 Å². The first-order chi connectivity index (χ1) is 15.9. The van der Waals surface area contributed by atoms with Crippen molar-refractivity contribution < 1.29 is 13.6 Å². The molecule has 0 atom stereocenters. The summed E-state index contributed by atoms with van der Waals surface area (Å²) in [6.07, 6.45) is 0. The molecule has 0 unspecified atom stereocenters. The van der Waals surface area contributed by atoms with Crippen LogP contribution in [0.2, 0.25) is 5.02 Å². The van der Waals surface area contributed by atoms with Gasteiger partial charge in [-0.25, -0.2) is 4.98 Å². The summed E-state index contributed by atoms with van der Waals surface area (Å²) >= 11 is 6.22. The fourth-order valence-corrected chi connectivity index (χ4v) is 3.99. The minimum Gasteiger partial charge on any atom is -0.451 e. The van der Waals surface area contributed by atoms with Crippen LogP contribution in [-0.2, 0) is 0 Å². The zero-order valence-electron chi connectivity index (χ0n) is 18.4. The van der Waals surface area contributed by atoms with Crippen LogP contribution in [0.25, 0.3) is 33.9 Å². The third-order valence-corrected chi connectivity index (χ3v) is 6.13. The highest BCUT2D eigenvalue weighted by atomic mass is 35.5. The van der Waals surface area contributed by atoms with Gasteiger partial charge in [-0.15, -0.1) is 0 Å². The van der Waals surface area contributed by atoms with Crippen LogP contribution in [0.5, 0.6) is 0 Å². The number of benzene rings is 3. The van der Waals surface area contributed by atoms with Crippen LogP contribution in [0.4, 0.5) is 5.69 Å². The number of hydrogen-bond acceptors (Lipinski definition) is 4. The number of carbonyl (C=O) groups excluding carboxylic acids is 1. The highest BCUT2D eigenvalue weighted by Crippen LogP contribution is 2.32. The third kappa shape index (κ3) is 3.92. The molecule has 2 aromatic heterocycles. The number of aromatic nitrogens is 1. The fraction of sp³-hybridized carbons (Fsp3) is 0.111. The zero-order valence-corrected chi connectivity index (χ0v) is 19.2. The van der Waals surface area contributed by atoms with E-state index < -0.39 is 0 Å². The summed E-state index contributed by atoms with van der Waals surface area (Å²) in [6.45, 7) is 5.86. The van der Waals surface area contributed by atoms with E-state index in [9.17, 15) is 4.79 Å². The van der Waals surface area contributed by atoms with E-state index in [2.05, 4.69) is 10.3 Å². The number of halogens is 1. The van der Waals surface area contributed by atoms with Crippen LogP contribution in [-0.4, -0.2) is 10.9 Å². The predicted octanol–water partition coefficient (Wildman–Crippen LogP) is 7.59. The Bertz CT molecular complexity index is 1510. The highest BCUT2D eigenvalue weighted by Gasteiger charge is 2.18. The van der Waals surface area contributed by atoms with Gasteiger partial charge in [0.15, 0.2) is 11.3 Å². The van der Waals surface area contributed by atoms with Crippen molar-refractivity contribution in [3.63, 3.8) is 0 Å². The first-order valence-electron chi connectivity index (χ1n) is 10.5. The van der Waals surface area contributed by atoms with Crippen molar-refractivity contribution in [1.82, 2.24) is 4.98 Å². The molecule has 5 rings (SSSR count). The molecular formula is C27H21ClN2O3. The Morgan fingerprint density at radius 1 is 0.879 bits per heavy atom. The second-order valence-electron chi connectivity index (χ2n) is 8.00. The maximum atomic E-state index is 12.9. The van der Waals surface area contributed by atoms with Gasteiger partial charge < -0.3 is 14.2 Å². The molecule has 0 bridgehead atoms. The van der Waals surface area contributed by atoms with E-state index in [1.54, 1.807) is 12.1 Å². The van der Waals surface area contributed by atoms with Gasteiger partial charge in [0.25, 0.3) is 5.91 Å². The topological polar surface area (TPSA) is 68.3 Å². The van der Waals surface area contributed by atoms with Gasteiger partial charge in [-0.3, -0.25) is 4.79 Å². The van der Waals surface area contributed by atoms with Gasteiger partial charge >= 0.3 is 0 Å². The molecule has 0 aliphatic heterocycles. The number of fused-ring (bicyclic) bond motifs is 1. The van der Waals surface area contributed by atoms with Crippen LogP contribution >= 0.6 is 11.6 Å². The van der Waals surface area contributed by atoms with Gasteiger partial charge in [-0.1, -0.05) is 35.9 Å². The lowest BCUT2D eigenvalue weighted by molar-refractivity contribution is 0.0997. The largest absolute Gasteiger partial charge is 0.451 e. The number of carbonyl (C=O) groups is 1. The summed E-state index contributed by atoms with van der Waals surface area (Å²) in [6, 6.07) is 20.5. The average Bonchev–Trinajstić information content (AvgIpc) is 3.44. The number of hydrogen-bond donors (Lipinski definition) is 1. The molecule has 0 aliphatic carbocycles. The van der Waals surface area contributed by atoms with Crippen LogP contribution in [0.1, 0.15) is 27.2 Å². The number of amides is 1. The van der Waals surface area contributed by atoms with Crippen molar-refractivity contribution in [1.29, 1.82) is 0 Å². The first kappa shape index (κ1) is 21.0. The molecular weight excluding hydrogens is 436 g/mol. The van der Waals surface area contributed by atoms with E-state index in [1.165, 1.54) is 0 Å². The van der Waals surface area contributed by atoms with Crippen molar-refractivity contribution in [2.24, 2.45) is 0 Å². The lowest BCUT2D eigenvalue weighted by atomic mass is 10.1. The van der Waals surface area contributed by atoms with Gasteiger partial charge in [0.2, 0.25) is 5.89 Å². The Hall–Kier alpha value is -3.83. The van der Waals surface area contributed by atoms with Crippen LogP contribution in [0.3, 0.4) is 0 Å². The average molecular weight is 457 g/mol. The van der Waals surface area contributed by atoms with Crippen LogP contribution in [0.15, 0.2) is 75.6 Å². The number of anilines is 1. The summed E-state index contributed by atoms with van der Waals surface area (Å²) in [5.41, 5.74) is 6.73. The number of oxazole rings is 1. The molecule has 6 heteroatoms. The Labute approximate surface area is 196 Å². The Kier molecular flexibility index (Phi) is 5.27. The smallest absolute Gasteiger partial charge is 0.291 e. The molecule has 5 nitrogen and oxygen atoms in total. The second-order valence-corrected chi connectivity index (χ2v) is 8.41. The van der Waals surface area contributed by atoms with E-state index in [0.717, 1.165) is 38.9 Å². The monoisotopic (exact) mass is 456 g/mol. The molecule has 33 heavy (non-hydrogen) atoms. The molecule has 0 spiro atoms. The lowest BCUT2D eigenvalue weighted by Gasteiger charge is -2.10. The maximum absolute atomic E-state index is 12.9. The van der Waals surface area contributed by atoms with E-state index in [-0.39, 0.29) is 11.7 Å². The molecule has 2 heterocycles. The normalized spacial score (nSPS) is 11.2. The minimum atomic E-state index is -0.339. The Morgan fingerprint density at radius 2 is 1.67 bits per heavy atom. The summed E-state index contributed by atoms with van der Waals surface area (Å²) in [5.74, 6) is 0.981. The van der Waals surface area contributed by atoms with Crippen molar-refractivity contribution in [2.45, 2.75) is 20.8 Å². The van der Waals surface area contributed by atoms with Gasteiger partial charge in [0, 0.05) is 21.8 Å². The molecule has 5 aromatic rings. The second kappa shape index (κ2) is 8.26. The van der Waals surface area contributed by atoms with Crippen LogP contribution < -0.4 is 5.32 Å². The van der Waals surface area contributed by atoms with Crippen molar-refractivity contribution in [2.75, 3.05) is 5.32 Å². The van der Waals surface area contributed by atoms with Gasteiger partial charge in [0.1, 0.15) is 11.3 Å². The SMILES string of the molecule is Cc1ccc2oc(-c3cccc(NC(=O)c4ccc(-c5cccc(Cl)c5C)o4)c3C)nc2c1. The molecule has 0 fully saturated rings. The van der Waals surface area contributed by atoms with E-state index in [1.807, 2.05) is 75.4 Å². The molecule has 0 saturated heterocycles. The Morgan fingerprint density at radius 3 is 2.52 bits per heavy atom.